The Bertz CT molecular complexity index is 752. The molecule has 4 heteroatoms. The highest BCUT2D eigenvalue weighted by molar-refractivity contribution is 5.96. The molecule has 0 radical (unpaired) electrons. The van der Waals surface area contributed by atoms with Gasteiger partial charge < -0.3 is 10.2 Å². The number of benzene rings is 2. The summed E-state index contributed by atoms with van der Waals surface area (Å²) in [6, 6.07) is 15.7. The van der Waals surface area contributed by atoms with E-state index in [0.717, 1.165) is 17.8 Å². The molecule has 0 aromatic heterocycles. The molecule has 4 nitrogen and oxygen atoms in total. The van der Waals surface area contributed by atoms with Crippen LogP contribution in [0.25, 0.3) is 0 Å². The van der Waals surface area contributed by atoms with E-state index in [2.05, 4.69) is 18.3 Å². The quantitative estimate of drug-likeness (QED) is 0.855. The summed E-state index contributed by atoms with van der Waals surface area (Å²) in [5, 5.41) is 3.25. The lowest BCUT2D eigenvalue weighted by molar-refractivity contribution is -0.118. The van der Waals surface area contributed by atoms with Gasteiger partial charge in [-0.1, -0.05) is 18.2 Å². The molecule has 24 heavy (non-hydrogen) atoms. The van der Waals surface area contributed by atoms with Crippen LogP contribution < -0.4 is 10.2 Å². The van der Waals surface area contributed by atoms with Crippen LogP contribution in [0.4, 0.5) is 11.4 Å². The summed E-state index contributed by atoms with van der Waals surface area (Å²) in [5.41, 5.74) is 3.90. The molecule has 1 unspecified atom stereocenters. The molecular weight excluding hydrogens is 300 g/mol. The van der Waals surface area contributed by atoms with Crippen LogP contribution in [0.15, 0.2) is 48.5 Å². The maximum absolute atomic E-state index is 12.6. The predicted octanol–water partition coefficient (Wildman–Crippen LogP) is 3.67. The van der Waals surface area contributed by atoms with Crippen molar-refractivity contribution in [3.8, 4) is 0 Å². The molecule has 0 aliphatic carbocycles. The molecule has 1 N–H and O–H groups in total. The molecule has 1 atom stereocenters. The molecule has 0 spiro atoms. The largest absolute Gasteiger partial charge is 0.385 e. The number of ketones is 1. The fourth-order valence-electron chi connectivity index (χ4n) is 3.20. The molecule has 2 aromatic carbocycles. The Labute approximate surface area is 142 Å². The van der Waals surface area contributed by atoms with Crippen LogP contribution in [0.1, 0.15) is 36.2 Å². The van der Waals surface area contributed by atoms with Crippen molar-refractivity contribution < 1.29 is 9.59 Å². The Hall–Kier alpha value is -2.62. The van der Waals surface area contributed by atoms with Crippen molar-refractivity contribution in [2.45, 2.75) is 32.7 Å². The summed E-state index contributed by atoms with van der Waals surface area (Å²) in [6.45, 7) is 4.21. The zero-order valence-electron chi connectivity index (χ0n) is 14.1. The van der Waals surface area contributed by atoms with Crippen LogP contribution in [0.2, 0.25) is 0 Å². The van der Waals surface area contributed by atoms with E-state index in [9.17, 15) is 9.59 Å². The number of Topliss-reactive ketones (excluding diaryl/α,β-unsaturated/α-hetero) is 1. The molecule has 0 bridgehead atoms. The second-order valence-corrected chi connectivity index (χ2v) is 6.26. The number of amides is 1. The number of hydrogen-bond acceptors (Lipinski definition) is 3. The normalized spacial score (nSPS) is 15.9. The van der Waals surface area contributed by atoms with Gasteiger partial charge in [0.2, 0.25) is 5.91 Å². The Morgan fingerprint density at radius 3 is 2.54 bits per heavy atom. The Morgan fingerprint density at radius 1 is 1.12 bits per heavy atom. The highest BCUT2D eigenvalue weighted by atomic mass is 16.2. The number of anilines is 2. The Morgan fingerprint density at radius 2 is 1.83 bits per heavy atom. The van der Waals surface area contributed by atoms with Crippen molar-refractivity contribution in [3.05, 3.63) is 59.7 Å². The van der Waals surface area contributed by atoms with Crippen LogP contribution in [0.5, 0.6) is 0 Å². The number of carbonyl (C=O) groups excluding carboxylic acids is 2. The van der Waals surface area contributed by atoms with Crippen LogP contribution in [0, 0.1) is 0 Å². The minimum atomic E-state index is 0.0541. The van der Waals surface area contributed by atoms with Crippen LogP contribution in [-0.2, 0) is 11.2 Å². The third-order valence-electron chi connectivity index (χ3n) is 4.44. The first-order chi connectivity index (χ1) is 11.6. The predicted molar refractivity (Wildman–Crippen MR) is 96.6 cm³/mol. The van der Waals surface area contributed by atoms with E-state index in [4.69, 9.17) is 0 Å². The van der Waals surface area contributed by atoms with E-state index in [0.29, 0.717) is 18.5 Å². The molecule has 1 aliphatic rings. The molecule has 0 saturated carbocycles. The van der Waals surface area contributed by atoms with Gasteiger partial charge in [-0.25, -0.2) is 0 Å². The van der Waals surface area contributed by atoms with Crippen molar-refractivity contribution in [1.29, 1.82) is 0 Å². The summed E-state index contributed by atoms with van der Waals surface area (Å²) in [7, 11) is 0. The molecule has 1 aliphatic heterocycles. The average molecular weight is 322 g/mol. The first kappa shape index (κ1) is 16.2. The number of fused-ring (bicyclic) bond motifs is 1. The lowest BCUT2D eigenvalue weighted by Crippen LogP contribution is -2.36. The van der Waals surface area contributed by atoms with E-state index < -0.39 is 0 Å². The molecule has 0 fully saturated rings. The fourth-order valence-corrected chi connectivity index (χ4v) is 3.20. The molecule has 1 heterocycles. The number of para-hydroxylation sites is 1. The van der Waals surface area contributed by atoms with Crippen LogP contribution in [0.3, 0.4) is 0 Å². The molecule has 0 saturated heterocycles. The highest BCUT2D eigenvalue weighted by Gasteiger charge is 2.29. The van der Waals surface area contributed by atoms with Gasteiger partial charge in [0.15, 0.2) is 5.78 Å². The number of nitrogens with one attached hydrogen (secondary N) is 1. The van der Waals surface area contributed by atoms with Crippen LogP contribution in [-0.4, -0.2) is 24.3 Å². The number of hydrogen-bond donors (Lipinski definition) is 1. The maximum atomic E-state index is 12.6. The van der Waals surface area contributed by atoms with E-state index in [1.165, 1.54) is 5.56 Å². The van der Waals surface area contributed by atoms with Gasteiger partial charge >= 0.3 is 0 Å². The summed E-state index contributed by atoms with van der Waals surface area (Å²) in [6.07, 6.45) is 1.36. The zero-order valence-corrected chi connectivity index (χ0v) is 14.1. The summed E-state index contributed by atoms with van der Waals surface area (Å²) < 4.78 is 0. The van der Waals surface area contributed by atoms with E-state index >= 15 is 0 Å². The summed E-state index contributed by atoms with van der Waals surface area (Å²) in [5.74, 6) is 0.193. The van der Waals surface area contributed by atoms with Crippen LogP contribution >= 0.6 is 0 Å². The lowest BCUT2D eigenvalue weighted by Gasteiger charge is -2.23. The molecule has 3 rings (SSSR count). The average Bonchev–Trinajstić information content (AvgIpc) is 2.91. The second-order valence-electron chi connectivity index (χ2n) is 6.26. The first-order valence-corrected chi connectivity index (χ1v) is 8.31. The van der Waals surface area contributed by atoms with Gasteiger partial charge in [0.05, 0.1) is 0 Å². The third-order valence-corrected chi connectivity index (χ3v) is 4.44. The molecular formula is C20H22N2O2. The van der Waals surface area contributed by atoms with Gasteiger partial charge in [-0.05, 0) is 56.2 Å². The monoisotopic (exact) mass is 322 g/mol. The second kappa shape index (κ2) is 6.87. The zero-order chi connectivity index (χ0) is 17.1. The van der Waals surface area contributed by atoms with Crippen molar-refractivity contribution in [2.24, 2.45) is 0 Å². The molecule has 1 amide bonds. The smallest absolute Gasteiger partial charge is 0.229 e. The van der Waals surface area contributed by atoms with Gasteiger partial charge in [-0.15, -0.1) is 0 Å². The van der Waals surface area contributed by atoms with Crippen molar-refractivity contribution in [3.63, 3.8) is 0 Å². The van der Waals surface area contributed by atoms with E-state index in [1.54, 1.807) is 19.1 Å². The van der Waals surface area contributed by atoms with Crippen molar-refractivity contribution in [1.82, 2.24) is 0 Å². The van der Waals surface area contributed by atoms with Crippen molar-refractivity contribution in [2.75, 3.05) is 16.8 Å². The minimum absolute atomic E-state index is 0.0541. The van der Waals surface area contributed by atoms with Gasteiger partial charge in [-0.3, -0.25) is 9.59 Å². The number of rotatable bonds is 5. The van der Waals surface area contributed by atoms with Gasteiger partial charge in [0, 0.05) is 35.9 Å². The SMILES string of the molecule is CC(=O)c1ccc(NCCC(=O)N2c3ccccc3CC2C)cc1. The standard InChI is InChI=1S/C20H22N2O2/c1-14-13-17-5-3-4-6-19(17)22(14)20(24)11-12-21-18-9-7-16(8-10-18)15(2)23/h3-10,14,21H,11-13H2,1-2H3. The topological polar surface area (TPSA) is 49.4 Å². The van der Waals surface area contributed by atoms with E-state index in [-0.39, 0.29) is 17.7 Å². The summed E-state index contributed by atoms with van der Waals surface area (Å²) >= 11 is 0. The number of nitrogens with zero attached hydrogens (tertiary/aromatic N) is 1. The van der Waals surface area contributed by atoms with Crippen molar-refractivity contribution >= 4 is 23.1 Å². The third kappa shape index (κ3) is 3.32. The maximum Gasteiger partial charge on any atom is 0.229 e. The first-order valence-electron chi connectivity index (χ1n) is 8.31. The Balaban J connectivity index is 1.57. The van der Waals surface area contributed by atoms with Gasteiger partial charge in [-0.2, -0.15) is 0 Å². The lowest BCUT2D eigenvalue weighted by atomic mass is 10.1. The van der Waals surface area contributed by atoms with Gasteiger partial charge in [0.1, 0.15) is 0 Å². The van der Waals surface area contributed by atoms with Gasteiger partial charge in [0.25, 0.3) is 0 Å². The fraction of sp³-hybridized carbons (Fsp3) is 0.300. The Kier molecular flexibility index (Phi) is 4.65. The van der Waals surface area contributed by atoms with E-state index in [1.807, 2.05) is 35.2 Å². The molecule has 124 valence electrons. The minimum Gasteiger partial charge on any atom is -0.385 e. The highest BCUT2D eigenvalue weighted by Crippen LogP contribution is 2.32. The summed E-state index contributed by atoms with van der Waals surface area (Å²) in [4.78, 5) is 25.8. The number of carbonyl (C=O) groups is 2. The molecule has 2 aromatic rings.